The highest BCUT2D eigenvalue weighted by Crippen LogP contribution is 2.20. The maximum atomic E-state index is 12.3. The van der Waals surface area contributed by atoms with E-state index in [0.29, 0.717) is 12.8 Å². The van der Waals surface area contributed by atoms with Crippen molar-refractivity contribution in [3.8, 4) is 0 Å². The molecule has 0 aliphatic rings. The first-order chi connectivity index (χ1) is 36.1. The van der Waals surface area contributed by atoms with Crippen molar-refractivity contribution in [3.05, 3.63) is 0 Å². The normalized spacial score (nSPS) is 12.0. The lowest BCUT2D eigenvalue weighted by Crippen LogP contribution is -2.28. The Balaban J connectivity index is 3.31. The summed E-state index contributed by atoms with van der Waals surface area (Å²) in [6.45, 7) is 4.22. The summed E-state index contributed by atoms with van der Waals surface area (Å²) in [7, 11) is 0. The topological polar surface area (TPSA) is 72.8 Å². The highest BCUT2D eigenvalue weighted by atomic mass is 16.6. The number of unbranched alkanes of at least 4 members (excludes halogenated alkanes) is 57. The molecule has 0 spiro atoms. The van der Waals surface area contributed by atoms with Crippen molar-refractivity contribution in [2.24, 2.45) is 0 Å². The lowest BCUT2D eigenvalue weighted by atomic mass is 10.0. The molecule has 0 rings (SSSR count). The zero-order valence-corrected chi connectivity index (χ0v) is 50.2. The van der Waals surface area contributed by atoms with Crippen LogP contribution in [-0.4, -0.2) is 36.4 Å². The van der Waals surface area contributed by atoms with E-state index in [-0.39, 0.29) is 25.2 Å². The van der Waals surface area contributed by atoms with Crippen LogP contribution >= 0.6 is 0 Å². The zero-order valence-electron chi connectivity index (χ0n) is 50.2. The van der Waals surface area contributed by atoms with Crippen LogP contribution < -0.4 is 0 Å². The van der Waals surface area contributed by atoms with Gasteiger partial charge in [-0.05, 0) is 12.8 Å². The Labute approximate surface area is 459 Å². The summed E-state index contributed by atoms with van der Waals surface area (Å²) >= 11 is 0. The van der Waals surface area contributed by atoms with Gasteiger partial charge in [0.15, 0.2) is 6.10 Å². The molecule has 1 atom stereocenters. The fraction of sp³-hybridized carbons (Fsp3) is 0.971. The summed E-state index contributed by atoms with van der Waals surface area (Å²) in [5, 5.41) is 9.67. The maximum Gasteiger partial charge on any atom is 0.306 e. The SMILES string of the molecule is CCCCCCCCCCCCCCCCCCCCCCCCCCCCCCCCCCCCCCCCCCCC(=O)OC(CO)COC(=O)CCCCCCCCCCCCCCCCCCCC. The van der Waals surface area contributed by atoms with Crippen molar-refractivity contribution in [1.82, 2.24) is 0 Å². The van der Waals surface area contributed by atoms with E-state index in [1.165, 1.54) is 347 Å². The van der Waals surface area contributed by atoms with E-state index in [1.54, 1.807) is 0 Å². The molecule has 0 aliphatic heterocycles. The van der Waals surface area contributed by atoms with Gasteiger partial charge in [0.2, 0.25) is 0 Å². The molecule has 0 aromatic carbocycles. The van der Waals surface area contributed by atoms with Gasteiger partial charge in [-0.25, -0.2) is 0 Å². The van der Waals surface area contributed by atoms with E-state index >= 15 is 0 Å². The summed E-state index contributed by atoms with van der Waals surface area (Å²) in [5.74, 6) is -0.561. The minimum atomic E-state index is -0.765. The summed E-state index contributed by atoms with van der Waals surface area (Å²) in [6, 6.07) is 0. The number of hydrogen-bond acceptors (Lipinski definition) is 5. The zero-order chi connectivity index (χ0) is 52.7. The third-order valence-electron chi connectivity index (χ3n) is 16.2. The van der Waals surface area contributed by atoms with Crippen LogP contribution in [0.15, 0.2) is 0 Å². The van der Waals surface area contributed by atoms with Crippen LogP contribution in [0, 0.1) is 0 Å². The average Bonchev–Trinajstić information content (AvgIpc) is 3.39. The predicted octanol–water partition coefficient (Wildman–Crippen LogP) is 23.3. The van der Waals surface area contributed by atoms with Crippen LogP contribution in [0.4, 0.5) is 0 Å². The molecule has 0 fully saturated rings. The van der Waals surface area contributed by atoms with E-state index in [0.717, 1.165) is 32.1 Å². The fourth-order valence-corrected chi connectivity index (χ4v) is 11.0. The van der Waals surface area contributed by atoms with Crippen LogP contribution in [0.25, 0.3) is 0 Å². The molecular weight excluding hydrogens is 897 g/mol. The molecule has 0 aromatic rings. The summed E-state index contributed by atoms with van der Waals surface area (Å²) in [6.07, 6.45) is 81.6. The van der Waals surface area contributed by atoms with E-state index < -0.39 is 6.10 Å². The molecule has 0 saturated carbocycles. The first kappa shape index (κ1) is 71.9. The summed E-state index contributed by atoms with van der Waals surface area (Å²) in [5.41, 5.74) is 0. The number of rotatable bonds is 65. The average molecular weight is 1030 g/mol. The number of ether oxygens (including phenoxy) is 2. The smallest absolute Gasteiger partial charge is 0.306 e. The Morgan fingerprint density at radius 3 is 0.603 bits per heavy atom. The van der Waals surface area contributed by atoms with Gasteiger partial charge in [0.1, 0.15) is 6.61 Å². The van der Waals surface area contributed by atoms with E-state index in [4.69, 9.17) is 9.47 Å². The van der Waals surface area contributed by atoms with Crippen LogP contribution in [0.3, 0.4) is 0 Å². The molecule has 0 heterocycles. The maximum absolute atomic E-state index is 12.3. The first-order valence-corrected chi connectivity index (χ1v) is 34.1. The molecule has 1 unspecified atom stereocenters. The molecule has 0 bridgehead atoms. The monoisotopic (exact) mass is 1030 g/mol. The Bertz CT molecular complexity index is 1030. The second kappa shape index (κ2) is 65.2. The van der Waals surface area contributed by atoms with Crippen LogP contribution in [-0.2, 0) is 19.1 Å². The molecule has 5 heteroatoms. The van der Waals surface area contributed by atoms with Gasteiger partial charge in [0.05, 0.1) is 6.61 Å². The molecule has 73 heavy (non-hydrogen) atoms. The van der Waals surface area contributed by atoms with Crippen molar-refractivity contribution in [3.63, 3.8) is 0 Å². The number of hydrogen-bond donors (Lipinski definition) is 1. The first-order valence-electron chi connectivity index (χ1n) is 34.1. The van der Waals surface area contributed by atoms with Crippen molar-refractivity contribution >= 4 is 11.9 Å². The molecule has 0 saturated heterocycles. The van der Waals surface area contributed by atoms with Crippen molar-refractivity contribution in [2.75, 3.05) is 13.2 Å². The minimum Gasteiger partial charge on any atom is -0.462 e. The highest BCUT2D eigenvalue weighted by molar-refractivity contribution is 5.70. The van der Waals surface area contributed by atoms with Gasteiger partial charge in [-0.15, -0.1) is 0 Å². The van der Waals surface area contributed by atoms with Gasteiger partial charge in [0.25, 0.3) is 0 Å². The lowest BCUT2D eigenvalue weighted by molar-refractivity contribution is -0.161. The highest BCUT2D eigenvalue weighted by Gasteiger charge is 2.16. The van der Waals surface area contributed by atoms with E-state index in [1.807, 2.05) is 0 Å². The number of esters is 2. The largest absolute Gasteiger partial charge is 0.462 e. The molecule has 0 radical (unpaired) electrons. The third-order valence-corrected chi connectivity index (χ3v) is 16.2. The van der Waals surface area contributed by atoms with Gasteiger partial charge in [-0.2, -0.15) is 0 Å². The predicted molar refractivity (Wildman–Crippen MR) is 321 cm³/mol. The minimum absolute atomic E-state index is 0.0557. The van der Waals surface area contributed by atoms with Gasteiger partial charge in [-0.1, -0.05) is 380 Å². The van der Waals surface area contributed by atoms with Crippen molar-refractivity contribution in [1.29, 1.82) is 0 Å². The quantitative estimate of drug-likeness (QED) is 0.0485. The summed E-state index contributed by atoms with van der Waals surface area (Å²) < 4.78 is 10.7. The number of carbonyl (C=O) groups is 2. The van der Waals surface area contributed by atoms with Crippen LogP contribution in [0.1, 0.15) is 406 Å². The van der Waals surface area contributed by atoms with Gasteiger partial charge in [-0.3, -0.25) is 9.59 Å². The van der Waals surface area contributed by atoms with Gasteiger partial charge in [0, 0.05) is 12.8 Å². The second-order valence-corrected chi connectivity index (χ2v) is 23.6. The fourth-order valence-electron chi connectivity index (χ4n) is 11.0. The molecule has 5 nitrogen and oxygen atoms in total. The van der Waals surface area contributed by atoms with Gasteiger partial charge >= 0.3 is 11.9 Å². The molecule has 436 valence electrons. The van der Waals surface area contributed by atoms with Crippen molar-refractivity contribution in [2.45, 2.75) is 412 Å². The van der Waals surface area contributed by atoms with Gasteiger partial charge < -0.3 is 14.6 Å². The van der Waals surface area contributed by atoms with Crippen molar-refractivity contribution < 1.29 is 24.2 Å². The molecule has 0 aliphatic carbocycles. The lowest BCUT2D eigenvalue weighted by Gasteiger charge is -2.15. The summed E-state index contributed by atoms with van der Waals surface area (Å²) in [4.78, 5) is 24.6. The van der Waals surface area contributed by atoms with E-state index in [9.17, 15) is 14.7 Å². The number of aliphatic hydroxyl groups is 1. The molecule has 0 aromatic heterocycles. The van der Waals surface area contributed by atoms with Crippen LogP contribution in [0.5, 0.6) is 0 Å². The number of carbonyl (C=O) groups excluding carboxylic acids is 2. The standard InChI is InChI=1S/C68H134O5/c1-3-5-7-9-11-13-15-17-19-21-23-24-25-26-27-28-29-30-31-32-33-34-35-36-37-38-39-40-41-42-43-44-45-47-49-51-53-55-57-59-61-63-68(71)73-66(64-69)65-72-67(70)62-60-58-56-54-52-50-48-46-22-20-18-16-14-12-10-8-6-4-2/h66,69H,3-65H2,1-2H3. The Morgan fingerprint density at radius 1 is 0.260 bits per heavy atom. The second-order valence-electron chi connectivity index (χ2n) is 23.6. The molecular formula is C68H134O5. The Hall–Kier alpha value is -1.10. The molecule has 0 amide bonds. The van der Waals surface area contributed by atoms with E-state index in [2.05, 4.69) is 13.8 Å². The molecule has 1 N–H and O–H groups in total. The Morgan fingerprint density at radius 2 is 0.425 bits per heavy atom. The Kier molecular flexibility index (Phi) is 64.2. The van der Waals surface area contributed by atoms with Crippen LogP contribution in [0.2, 0.25) is 0 Å². The number of aliphatic hydroxyl groups excluding tert-OH is 1. The third kappa shape index (κ3) is 63.3.